The first-order chi connectivity index (χ1) is 7.67. The molecule has 0 amide bonds. The molecule has 3 heteroatoms. The van der Waals surface area contributed by atoms with Gasteiger partial charge in [0.25, 0.3) is 0 Å². The van der Waals surface area contributed by atoms with E-state index in [1.807, 2.05) is 25.1 Å². The second kappa shape index (κ2) is 6.69. The maximum absolute atomic E-state index is 8.94. The SMILES string of the molecule is C=CCN(CCO)Cc1ccc(Cl)c(C)c1. The normalized spacial score (nSPS) is 10.8. The lowest BCUT2D eigenvalue weighted by atomic mass is 10.1. The van der Waals surface area contributed by atoms with Gasteiger partial charge in [0.15, 0.2) is 0 Å². The number of aryl methyl sites for hydroxylation is 1. The van der Waals surface area contributed by atoms with E-state index in [-0.39, 0.29) is 6.61 Å². The molecule has 1 aromatic rings. The van der Waals surface area contributed by atoms with Crippen LogP contribution >= 0.6 is 11.6 Å². The number of nitrogens with zero attached hydrogens (tertiary/aromatic N) is 1. The molecule has 0 heterocycles. The van der Waals surface area contributed by atoms with Crippen molar-refractivity contribution in [3.63, 3.8) is 0 Å². The molecule has 0 spiro atoms. The van der Waals surface area contributed by atoms with Crippen molar-refractivity contribution in [2.45, 2.75) is 13.5 Å². The summed E-state index contributed by atoms with van der Waals surface area (Å²) in [6.07, 6.45) is 1.85. The van der Waals surface area contributed by atoms with Gasteiger partial charge in [0.2, 0.25) is 0 Å². The highest BCUT2D eigenvalue weighted by atomic mass is 35.5. The van der Waals surface area contributed by atoms with E-state index in [4.69, 9.17) is 16.7 Å². The quantitative estimate of drug-likeness (QED) is 0.772. The monoisotopic (exact) mass is 239 g/mol. The Labute approximate surface area is 102 Å². The van der Waals surface area contributed by atoms with Crippen molar-refractivity contribution < 1.29 is 5.11 Å². The number of benzene rings is 1. The highest BCUT2D eigenvalue weighted by Gasteiger charge is 2.04. The largest absolute Gasteiger partial charge is 0.395 e. The van der Waals surface area contributed by atoms with Crippen LogP contribution in [0.4, 0.5) is 0 Å². The first kappa shape index (κ1) is 13.2. The van der Waals surface area contributed by atoms with Crippen LogP contribution in [0.15, 0.2) is 30.9 Å². The lowest BCUT2D eigenvalue weighted by Gasteiger charge is -2.19. The number of hydrogen-bond donors (Lipinski definition) is 1. The van der Waals surface area contributed by atoms with Crippen molar-refractivity contribution >= 4 is 11.6 Å². The smallest absolute Gasteiger partial charge is 0.0558 e. The van der Waals surface area contributed by atoms with E-state index in [2.05, 4.69) is 17.5 Å². The van der Waals surface area contributed by atoms with Crippen molar-refractivity contribution in [2.75, 3.05) is 19.7 Å². The molecule has 0 saturated heterocycles. The molecule has 0 aliphatic rings. The lowest BCUT2D eigenvalue weighted by Crippen LogP contribution is -2.26. The second-order valence-electron chi connectivity index (χ2n) is 3.83. The Kier molecular flexibility index (Phi) is 5.53. The van der Waals surface area contributed by atoms with Gasteiger partial charge in [0, 0.05) is 24.7 Å². The highest BCUT2D eigenvalue weighted by molar-refractivity contribution is 6.31. The summed E-state index contributed by atoms with van der Waals surface area (Å²) in [7, 11) is 0. The number of hydrogen-bond acceptors (Lipinski definition) is 2. The van der Waals surface area contributed by atoms with Crippen LogP contribution in [-0.2, 0) is 6.54 Å². The molecule has 0 atom stereocenters. The van der Waals surface area contributed by atoms with Crippen LogP contribution in [0, 0.1) is 6.92 Å². The fourth-order valence-corrected chi connectivity index (χ4v) is 1.74. The molecule has 0 aliphatic carbocycles. The van der Waals surface area contributed by atoms with Gasteiger partial charge >= 0.3 is 0 Å². The van der Waals surface area contributed by atoms with Crippen LogP contribution in [0.25, 0.3) is 0 Å². The Balaban J connectivity index is 2.68. The molecule has 1 N–H and O–H groups in total. The van der Waals surface area contributed by atoms with Gasteiger partial charge in [-0.3, -0.25) is 4.90 Å². The molecule has 0 radical (unpaired) electrons. The topological polar surface area (TPSA) is 23.5 Å². The first-order valence-electron chi connectivity index (χ1n) is 5.36. The number of aliphatic hydroxyl groups is 1. The Morgan fingerprint density at radius 1 is 1.50 bits per heavy atom. The van der Waals surface area contributed by atoms with E-state index in [0.717, 1.165) is 23.7 Å². The fourth-order valence-electron chi connectivity index (χ4n) is 1.62. The van der Waals surface area contributed by atoms with Crippen molar-refractivity contribution in [3.8, 4) is 0 Å². The van der Waals surface area contributed by atoms with Gasteiger partial charge in [-0.05, 0) is 24.1 Å². The van der Waals surface area contributed by atoms with Gasteiger partial charge in [0.05, 0.1) is 6.61 Å². The molecule has 0 saturated carbocycles. The summed E-state index contributed by atoms with van der Waals surface area (Å²) in [5.74, 6) is 0. The average Bonchev–Trinajstić information content (AvgIpc) is 2.24. The molecule has 0 aromatic heterocycles. The molecule has 1 rings (SSSR count). The zero-order chi connectivity index (χ0) is 12.0. The maximum atomic E-state index is 8.94. The van der Waals surface area contributed by atoms with Gasteiger partial charge in [-0.25, -0.2) is 0 Å². The van der Waals surface area contributed by atoms with Crippen LogP contribution in [0.2, 0.25) is 5.02 Å². The predicted octanol–water partition coefficient (Wildman–Crippen LogP) is 2.63. The first-order valence-corrected chi connectivity index (χ1v) is 5.74. The number of rotatable bonds is 6. The zero-order valence-electron chi connectivity index (χ0n) is 9.62. The predicted molar refractivity (Wildman–Crippen MR) is 68.7 cm³/mol. The standard InChI is InChI=1S/C13H18ClNO/c1-3-6-15(7-8-16)10-12-4-5-13(14)11(2)9-12/h3-5,9,16H,1,6-8,10H2,2H3. The zero-order valence-corrected chi connectivity index (χ0v) is 10.4. The van der Waals surface area contributed by atoms with Gasteiger partial charge in [-0.2, -0.15) is 0 Å². The van der Waals surface area contributed by atoms with E-state index in [1.54, 1.807) is 0 Å². The number of aliphatic hydroxyl groups excluding tert-OH is 1. The molecule has 0 aliphatic heterocycles. The Hall–Kier alpha value is -0.830. The molecular weight excluding hydrogens is 222 g/mol. The Morgan fingerprint density at radius 2 is 2.25 bits per heavy atom. The maximum Gasteiger partial charge on any atom is 0.0558 e. The van der Waals surface area contributed by atoms with E-state index in [9.17, 15) is 0 Å². The minimum Gasteiger partial charge on any atom is -0.395 e. The van der Waals surface area contributed by atoms with Gasteiger partial charge < -0.3 is 5.11 Å². The summed E-state index contributed by atoms with van der Waals surface area (Å²) < 4.78 is 0. The van der Waals surface area contributed by atoms with E-state index >= 15 is 0 Å². The lowest BCUT2D eigenvalue weighted by molar-refractivity contribution is 0.203. The van der Waals surface area contributed by atoms with Crippen LogP contribution in [-0.4, -0.2) is 29.7 Å². The van der Waals surface area contributed by atoms with E-state index < -0.39 is 0 Å². The average molecular weight is 240 g/mol. The summed E-state index contributed by atoms with van der Waals surface area (Å²) in [4.78, 5) is 2.13. The third-order valence-corrected chi connectivity index (χ3v) is 2.86. The minimum atomic E-state index is 0.167. The minimum absolute atomic E-state index is 0.167. The van der Waals surface area contributed by atoms with Crippen LogP contribution in [0.5, 0.6) is 0 Å². The van der Waals surface area contributed by atoms with Crippen molar-refractivity contribution in [1.82, 2.24) is 4.90 Å². The number of halogens is 1. The molecule has 2 nitrogen and oxygen atoms in total. The highest BCUT2D eigenvalue weighted by Crippen LogP contribution is 2.17. The summed E-state index contributed by atoms with van der Waals surface area (Å²) in [5, 5.41) is 9.74. The van der Waals surface area contributed by atoms with Crippen molar-refractivity contribution in [3.05, 3.63) is 47.0 Å². The summed E-state index contributed by atoms with van der Waals surface area (Å²) >= 11 is 5.97. The Morgan fingerprint density at radius 3 is 2.81 bits per heavy atom. The third kappa shape index (κ3) is 3.97. The molecule has 0 bridgehead atoms. The fraction of sp³-hybridized carbons (Fsp3) is 0.385. The van der Waals surface area contributed by atoms with Crippen LogP contribution in [0.1, 0.15) is 11.1 Å². The van der Waals surface area contributed by atoms with Gasteiger partial charge in [-0.15, -0.1) is 6.58 Å². The second-order valence-corrected chi connectivity index (χ2v) is 4.24. The summed E-state index contributed by atoms with van der Waals surface area (Å²) in [6.45, 7) is 8.12. The third-order valence-electron chi connectivity index (χ3n) is 2.43. The Bertz CT molecular complexity index is 352. The molecular formula is C13H18ClNO. The molecule has 0 fully saturated rings. The van der Waals surface area contributed by atoms with Gasteiger partial charge in [0.1, 0.15) is 0 Å². The van der Waals surface area contributed by atoms with Crippen molar-refractivity contribution in [1.29, 1.82) is 0 Å². The summed E-state index contributed by atoms with van der Waals surface area (Å²) in [5.41, 5.74) is 2.29. The van der Waals surface area contributed by atoms with E-state index in [1.165, 1.54) is 5.56 Å². The van der Waals surface area contributed by atoms with Crippen molar-refractivity contribution in [2.24, 2.45) is 0 Å². The molecule has 88 valence electrons. The molecule has 16 heavy (non-hydrogen) atoms. The molecule has 0 unspecified atom stereocenters. The van der Waals surface area contributed by atoms with Crippen LogP contribution < -0.4 is 0 Å². The van der Waals surface area contributed by atoms with Crippen LogP contribution in [0.3, 0.4) is 0 Å². The molecule has 1 aromatic carbocycles. The van der Waals surface area contributed by atoms with Gasteiger partial charge in [-0.1, -0.05) is 29.8 Å². The summed E-state index contributed by atoms with van der Waals surface area (Å²) in [6, 6.07) is 6.01. The van der Waals surface area contributed by atoms with E-state index in [0.29, 0.717) is 6.54 Å².